The number of carbonyl (C=O) groups is 2. The molecule has 1 unspecified atom stereocenters. The molecule has 1 fully saturated rings. The van der Waals surface area contributed by atoms with E-state index in [-0.39, 0.29) is 31.5 Å². The molecule has 13 heteroatoms. The summed E-state index contributed by atoms with van der Waals surface area (Å²) in [4.78, 5) is 25.1. The standard InChI is InChI=1S/C19H25F4N3O5S/c1-18(2,3)31-17(28)25-15(12-5-4-6-13(11-12)19(20,21)22)16(27)24-14-7-9-26(10-8-14)32(23,29)30/h4-6,11,14-15H,7-10H2,1-3H3,(H,24,27)(H,25,28). The van der Waals surface area contributed by atoms with Crippen LogP contribution in [-0.4, -0.2) is 49.5 Å². The van der Waals surface area contributed by atoms with E-state index in [0.29, 0.717) is 4.31 Å². The van der Waals surface area contributed by atoms with Gasteiger partial charge in [-0.3, -0.25) is 4.79 Å². The fourth-order valence-electron chi connectivity index (χ4n) is 3.12. The number of piperidine rings is 1. The first-order chi connectivity index (χ1) is 14.6. The number of halogens is 4. The Kier molecular flexibility index (Phi) is 7.76. The lowest BCUT2D eigenvalue weighted by molar-refractivity contribution is -0.137. The first-order valence-corrected chi connectivity index (χ1v) is 11.1. The van der Waals surface area contributed by atoms with Crippen LogP contribution in [0.15, 0.2) is 24.3 Å². The van der Waals surface area contributed by atoms with E-state index >= 15 is 0 Å². The highest BCUT2D eigenvalue weighted by atomic mass is 32.3. The first kappa shape index (κ1) is 25.8. The van der Waals surface area contributed by atoms with Crippen LogP contribution < -0.4 is 10.6 Å². The second-order valence-corrected chi connectivity index (χ2v) is 9.67. The topological polar surface area (TPSA) is 105 Å². The van der Waals surface area contributed by atoms with Crippen LogP contribution in [0, 0.1) is 0 Å². The summed E-state index contributed by atoms with van der Waals surface area (Å²) in [5.74, 6) is -0.809. The number of nitrogens with zero attached hydrogens (tertiary/aromatic N) is 1. The second kappa shape index (κ2) is 9.61. The monoisotopic (exact) mass is 483 g/mol. The molecule has 8 nitrogen and oxygen atoms in total. The number of ether oxygens (including phenoxy) is 1. The molecule has 0 aliphatic carbocycles. The minimum absolute atomic E-state index is 0.0939. The molecule has 2 rings (SSSR count). The van der Waals surface area contributed by atoms with Gasteiger partial charge in [0.25, 0.3) is 0 Å². The van der Waals surface area contributed by atoms with Gasteiger partial charge in [0.1, 0.15) is 11.6 Å². The van der Waals surface area contributed by atoms with E-state index in [9.17, 15) is 35.1 Å². The van der Waals surface area contributed by atoms with Crippen molar-refractivity contribution in [2.75, 3.05) is 13.1 Å². The minimum atomic E-state index is -4.85. The fraction of sp³-hybridized carbons (Fsp3) is 0.579. The molecule has 0 aromatic heterocycles. The summed E-state index contributed by atoms with van der Waals surface area (Å²) < 4.78 is 80.1. The van der Waals surface area contributed by atoms with Crippen LogP contribution in [0.1, 0.15) is 50.8 Å². The average molecular weight is 483 g/mol. The number of hydrogen-bond donors (Lipinski definition) is 2. The lowest BCUT2D eigenvalue weighted by Crippen LogP contribution is -2.49. The molecule has 0 bridgehead atoms. The molecule has 0 radical (unpaired) electrons. The lowest BCUT2D eigenvalue weighted by atomic mass is 10.0. The molecule has 32 heavy (non-hydrogen) atoms. The van der Waals surface area contributed by atoms with Gasteiger partial charge in [-0.15, -0.1) is 0 Å². The molecule has 1 aromatic rings. The number of alkyl carbamates (subject to hydrolysis) is 1. The molecule has 2 amide bonds. The van der Waals surface area contributed by atoms with Gasteiger partial charge in [0.05, 0.1) is 5.56 Å². The van der Waals surface area contributed by atoms with Crippen LogP contribution >= 0.6 is 0 Å². The maximum atomic E-state index is 13.1. The van der Waals surface area contributed by atoms with Crippen molar-refractivity contribution >= 4 is 22.4 Å². The molecular weight excluding hydrogens is 458 g/mol. The molecule has 1 aliphatic rings. The Balaban J connectivity index is 2.21. The van der Waals surface area contributed by atoms with E-state index in [0.717, 1.165) is 18.2 Å². The molecule has 0 saturated carbocycles. The van der Waals surface area contributed by atoms with Crippen molar-refractivity contribution < 1.29 is 39.8 Å². The van der Waals surface area contributed by atoms with Crippen molar-refractivity contribution in [1.82, 2.24) is 14.9 Å². The largest absolute Gasteiger partial charge is 0.444 e. The number of amides is 2. The molecule has 2 N–H and O–H groups in total. The zero-order valence-corrected chi connectivity index (χ0v) is 18.5. The number of alkyl halides is 3. The van der Waals surface area contributed by atoms with E-state index in [1.54, 1.807) is 20.8 Å². The molecule has 180 valence electrons. The number of carbonyl (C=O) groups excluding carboxylic acids is 2. The summed E-state index contributed by atoms with van der Waals surface area (Å²) in [6.07, 6.45) is -5.48. The highest BCUT2D eigenvalue weighted by Crippen LogP contribution is 2.31. The Hall–Kier alpha value is -2.41. The summed E-state index contributed by atoms with van der Waals surface area (Å²) in [5.41, 5.74) is -2.03. The van der Waals surface area contributed by atoms with Crippen molar-refractivity contribution in [2.24, 2.45) is 0 Å². The Morgan fingerprint density at radius 2 is 1.75 bits per heavy atom. The second-order valence-electron chi connectivity index (χ2n) is 8.33. The first-order valence-electron chi connectivity index (χ1n) is 9.73. The van der Waals surface area contributed by atoms with Gasteiger partial charge in [-0.05, 0) is 51.3 Å². The predicted octanol–water partition coefficient (Wildman–Crippen LogP) is 3.07. The summed E-state index contributed by atoms with van der Waals surface area (Å²) in [6, 6.07) is 1.89. The molecule has 1 atom stereocenters. The van der Waals surface area contributed by atoms with E-state index < -0.39 is 51.8 Å². The number of rotatable bonds is 5. The van der Waals surface area contributed by atoms with Crippen molar-refractivity contribution in [3.8, 4) is 0 Å². The van der Waals surface area contributed by atoms with Crippen LogP contribution in [-0.2, 0) is 26.1 Å². The molecule has 0 spiro atoms. The molecule has 1 aliphatic heterocycles. The number of hydrogen-bond acceptors (Lipinski definition) is 5. The third-order valence-electron chi connectivity index (χ3n) is 4.58. The molecule has 1 aromatic carbocycles. The molecular formula is C19H25F4N3O5S. The van der Waals surface area contributed by atoms with E-state index in [1.807, 2.05) is 0 Å². The Morgan fingerprint density at radius 3 is 2.25 bits per heavy atom. The Bertz CT molecular complexity index is 939. The van der Waals surface area contributed by atoms with Crippen molar-refractivity contribution in [2.45, 2.75) is 57.5 Å². The lowest BCUT2D eigenvalue weighted by Gasteiger charge is -2.30. The predicted molar refractivity (Wildman–Crippen MR) is 106 cm³/mol. The average Bonchev–Trinajstić information content (AvgIpc) is 2.64. The zero-order valence-electron chi connectivity index (χ0n) is 17.7. The third-order valence-corrected chi connectivity index (χ3v) is 5.56. The van der Waals surface area contributed by atoms with Crippen molar-refractivity contribution in [1.29, 1.82) is 0 Å². The van der Waals surface area contributed by atoms with Crippen LogP contribution in [0.5, 0.6) is 0 Å². The Labute approximate surface area is 183 Å². The summed E-state index contributed by atoms with van der Waals surface area (Å²) in [7, 11) is -4.85. The van der Waals surface area contributed by atoms with E-state index in [4.69, 9.17) is 4.74 Å². The summed E-state index contributed by atoms with van der Waals surface area (Å²) in [5, 5.41) is 4.87. The minimum Gasteiger partial charge on any atom is -0.444 e. The summed E-state index contributed by atoms with van der Waals surface area (Å²) >= 11 is 0. The van der Waals surface area contributed by atoms with Gasteiger partial charge in [0.2, 0.25) is 5.91 Å². The van der Waals surface area contributed by atoms with Crippen molar-refractivity contribution in [3.63, 3.8) is 0 Å². The van der Waals surface area contributed by atoms with E-state index in [1.165, 1.54) is 6.07 Å². The third kappa shape index (κ3) is 7.62. The van der Waals surface area contributed by atoms with Gasteiger partial charge >= 0.3 is 22.7 Å². The maximum absolute atomic E-state index is 13.1. The van der Waals surface area contributed by atoms with Gasteiger partial charge in [-0.25, -0.2) is 4.79 Å². The van der Waals surface area contributed by atoms with Crippen LogP contribution in [0.4, 0.5) is 21.9 Å². The molecule has 1 heterocycles. The maximum Gasteiger partial charge on any atom is 0.416 e. The summed E-state index contributed by atoms with van der Waals surface area (Å²) in [6.45, 7) is 4.41. The van der Waals surface area contributed by atoms with Gasteiger partial charge in [-0.1, -0.05) is 16.0 Å². The normalized spacial score (nSPS) is 17.5. The van der Waals surface area contributed by atoms with Crippen molar-refractivity contribution in [3.05, 3.63) is 35.4 Å². The van der Waals surface area contributed by atoms with Crippen LogP contribution in [0.3, 0.4) is 0 Å². The quantitative estimate of drug-likeness (QED) is 0.495. The van der Waals surface area contributed by atoms with Gasteiger partial charge in [0.15, 0.2) is 0 Å². The van der Waals surface area contributed by atoms with Crippen LogP contribution in [0.2, 0.25) is 0 Å². The smallest absolute Gasteiger partial charge is 0.416 e. The SMILES string of the molecule is CC(C)(C)OC(=O)NC(C(=O)NC1CCN(S(=O)(=O)F)CC1)c1cccc(C(F)(F)F)c1. The highest BCUT2D eigenvalue weighted by molar-refractivity contribution is 7.83. The fourth-order valence-corrected chi connectivity index (χ4v) is 3.77. The van der Waals surface area contributed by atoms with Gasteiger partial charge in [-0.2, -0.15) is 25.9 Å². The van der Waals surface area contributed by atoms with Crippen LogP contribution in [0.25, 0.3) is 0 Å². The number of benzene rings is 1. The molecule has 1 saturated heterocycles. The van der Waals surface area contributed by atoms with E-state index in [2.05, 4.69) is 10.6 Å². The Morgan fingerprint density at radius 1 is 1.16 bits per heavy atom. The van der Waals surface area contributed by atoms with Gasteiger partial charge < -0.3 is 15.4 Å². The van der Waals surface area contributed by atoms with Gasteiger partial charge in [0, 0.05) is 19.1 Å². The number of nitrogens with one attached hydrogen (secondary N) is 2. The zero-order chi connectivity index (χ0) is 24.3. The highest BCUT2D eigenvalue weighted by Gasteiger charge is 2.34.